The number of benzene rings is 2. The molecule has 5 nitrogen and oxygen atoms in total. The number of rotatable bonds is 5. The quantitative estimate of drug-likeness (QED) is 0.678. The van der Waals surface area contributed by atoms with Crippen molar-refractivity contribution in [3.05, 3.63) is 53.1 Å². The molecule has 0 aromatic heterocycles. The standard InChI is InChI=1S/C19H23N3O2S2/c1-12-4-9-17(14(3)10-12)22-26(23,24)16-8-5-13(2)18(11-16)21-19(25)20-15-6-7-15/h4-5,8-11,15,22H,6-7H2,1-3H3,(H2,20,21,25). The monoisotopic (exact) mass is 389 g/mol. The van der Waals surface area contributed by atoms with Crippen molar-refractivity contribution in [1.82, 2.24) is 5.32 Å². The fourth-order valence-corrected chi connectivity index (χ4v) is 4.04. The first-order chi connectivity index (χ1) is 12.2. The number of thiocarbonyl (C=S) groups is 1. The van der Waals surface area contributed by atoms with Gasteiger partial charge >= 0.3 is 0 Å². The highest BCUT2D eigenvalue weighted by atomic mass is 32.2. The largest absolute Gasteiger partial charge is 0.360 e. The number of aryl methyl sites for hydroxylation is 3. The van der Waals surface area contributed by atoms with Crippen molar-refractivity contribution in [2.24, 2.45) is 0 Å². The van der Waals surface area contributed by atoms with Crippen molar-refractivity contribution in [2.45, 2.75) is 44.6 Å². The van der Waals surface area contributed by atoms with Gasteiger partial charge in [0.05, 0.1) is 10.6 Å². The summed E-state index contributed by atoms with van der Waals surface area (Å²) in [6.07, 6.45) is 2.24. The number of hydrogen-bond donors (Lipinski definition) is 3. The smallest absolute Gasteiger partial charge is 0.261 e. The van der Waals surface area contributed by atoms with Crippen molar-refractivity contribution in [1.29, 1.82) is 0 Å². The maximum absolute atomic E-state index is 12.8. The Balaban J connectivity index is 1.82. The van der Waals surface area contributed by atoms with Gasteiger partial charge in [-0.25, -0.2) is 8.42 Å². The lowest BCUT2D eigenvalue weighted by Crippen LogP contribution is -2.30. The van der Waals surface area contributed by atoms with Crippen LogP contribution < -0.4 is 15.4 Å². The van der Waals surface area contributed by atoms with E-state index in [1.807, 2.05) is 32.9 Å². The highest BCUT2D eigenvalue weighted by Crippen LogP contribution is 2.25. The Labute approximate surface area is 160 Å². The summed E-state index contributed by atoms with van der Waals surface area (Å²) in [5, 5.41) is 6.82. The highest BCUT2D eigenvalue weighted by molar-refractivity contribution is 7.92. The van der Waals surface area contributed by atoms with Gasteiger partial charge in [-0.15, -0.1) is 0 Å². The minimum Gasteiger partial charge on any atom is -0.360 e. The average Bonchev–Trinajstić information content (AvgIpc) is 3.36. The Bertz CT molecular complexity index is 951. The van der Waals surface area contributed by atoms with Crippen LogP contribution in [0.25, 0.3) is 0 Å². The van der Waals surface area contributed by atoms with E-state index in [0.717, 1.165) is 29.5 Å². The Morgan fingerprint density at radius 1 is 1.00 bits per heavy atom. The van der Waals surface area contributed by atoms with E-state index in [2.05, 4.69) is 15.4 Å². The summed E-state index contributed by atoms with van der Waals surface area (Å²) in [6, 6.07) is 11.0. The van der Waals surface area contributed by atoms with Crippen LogP contribution in [0.4, 0.5) is 11.4 Å². The van der Waals surface area contributed by atoms with Crippen molar-refractivity contribution < 1.29 is 8.42 Å². The van der Waals surface area contributed by atoms with Gasteiger partial charge in [-0.3, -0.25) is 4.72 Å². The first-order valence-corrected chi connectivity index (χ1v) is 10.4. The van der Waals surface area contributed by atoms with E-state index < -0.39 is 10.0 Å². The van der Waals surface area contributed by atoms with Crippen LogP contribution in [0.15, 0.2) is 41.3 Å². The van der Waals surface area contributed by atoms with Gasteiger partial charge in [-0.05, 0) is 75.2 Å². The first-order valence-electron chi connectivity index (χ1n) is 8.53. The molecule has 0 saturated heterocycles. The van der Waals surface area contributed by atoms with Gasteiger partial charge in [0.1, 0.15) is 0 Å². The molecule has 2 aromatic carbocycles. The van der Waals surface area contributed by atoms with E-state index in [1.165, 1.54) is 0 Å². The van der Waals surface area contributed by atoms with Gasteiger partial charge in [0.15, 0.2) is 5.11 Å². The summed E-state index contributed by atoms with van der Waals surface area (Å²) in [5.41, 5.74) is 4.16. The molecule has 0 heterocycles. The molecule has 1 saturated carbocycles. The molecule has 0 amide bonds. The molecule has 2 aromatic rings. The molecule has 3 N–H and O–H groups in total. The van der Waals surface area contributed by atoms with E-state index in [1.54, 1.807) is 24.3 Å². The van der Waals surface area contributed by atoms with Crippen molar-refractivity contribution >= 4 is 38.7 Å². The molecule has 0 radical (unpaired) electrons. The third kappa shape index (κ3) is 4.53. The SMILES string of the molecule is Cc1ccc(NS(=O)(=O)c2ccc(C)c(NC(=S)NC3CC3)c2)c(C)c1. The van der Waals surface area contributed by atoms with Gasteiger partial charge in [0.2, 0.25) is 0 Å². The van der Waals surface area contributed by atoms with Gasteiger partial charge in [-0.2, -0.15) is 0 Å². The second-order valence-corrected chi connectivity index (χ2v) is 8.86. The van der Waals surface area contributed by atoms with Crippen LogP contribution in [-0.4, -0.2) is 19.6 Å². The molecule has 138 valence electrons. The minimum absolute atomic E-state index is 0.194. The number of sulfonamides is 1. The number of nitrogens with one attached hydrogen (secondary N) is 3. The van der Waals surface area contributed by atoms with Crippen LogP contribution in [0, 0.1) is 20.8 Å². The summed E-state index contributed by atoms with van der Waals surface area (Å²) < 4.78 is 28.2. The zero-order valence-electron chi connectivity index (χ0n) is 15.1. The zero-order valence-corrected chi connectivity index (χ0v) is 16.7. The summed E-state index contributed by atoms with van der Waals surface area (Å²) in [6.45, 7) is 5.77. The van der Waals surface area contributed by atoms with Crippen LogP contribution in [0.2, 0.25) is 0 Å². The van der Waals surface area contributed by atoms with E-state index in [0.29, 0.717) is 22.5 Å². The Morgan fingerprint density at radius 2 is 1.73 bits per heavy atom. The van der Waals surface area contributed by atoms with Crippen molar-refractivity contribution in [3.8, 4) is 0 Å². The third-order valence-electron chi connectivity index (χ3n) is 4.31. The van der Waals surface area contributed by atoms with Crippen LogP contribution in [0.3, 0.4) is 0 Å². The lowest BCUT2D eigenvalue weighted by atomic mass is 10.1. The van der Waals surface area contributed by atoms with Gasteiger partial charge in [0, 0.05) is 11.7 Å². The van der Waals surface area contributed by atoms with Gasteiger partial charge in [-0.1, -0.05) is 23.8 Å². The molecule has 26 heavy (non-hydrogen) atoms. The molecular formula is C19H23N3O2S2. The maximum atomic E-state index is 12.8. The lowest BCUT2D eigenvalue weighted by Gasteiger charge is -2.15. The molecule has 1 fully saturated rings. The predicted octanol–water partition coefficient (Wildman–Crippen LogP) is 3.86. The summed E-state index contributed by atoms with van der Waals surface area (Å²) in [4.78, 5) is 0.194. The molecule has 0 aliphatic heterocycles. The van der Waals surface area contributed by atoms with Gasteiger partial charge < -0.3 is 10.6 Å². The van der Waals surface area contributed by atoms with Crippen LogP contribution in [-0.2, 0) is 10.0 Å². The first kappa shape index (κ1) is 18.7. The second-order valence-electron chi connectivity index (χ2n) is 6.77. The number of hydrogen-bond acceptors (Lipinski definition) is 3. The molecule has 7 heteroatoms. The molecule has 3 rings (SSSR count). The lowest BCUT2D eigenvalue weighted by molar-refractivity contribution is 0.601. The predicted molar refractivity (Wildman–Crippen MR) is 110 cm³/mol. The average molecular weight is 390 g/mol. The Hall–Kier alpha value is -2.12. The fraction of sp³-hybridized carbons (Fsp3) is 0.316. The summed E-state index contributed by atoms with van der Waals surface area (Å²) >= 11 is 5.30. The fourth-order valence-electron chi connectivity index (χ4n) is 2.61. The molecule has 0 spiro atoms. The number of anilines is 2. The van der Waals surface area contributed by atoms with Crippen molar-refractivity contribution in [3.63, 3.8) is 0 Å². The molecule has 1 aliphatic rings. The van der Waals surface area contributed by atoms with Gasteiger partial charge in [0.25, 0.3) is 10.0 Å². The van der Waals surface area contributed by atoms with E-state index in [-0.39, 0.29) is 4.90 Å². The Morgan fingerprint density at radius 3 is 2.38 bits per heavy atom. The second kappa shape index (κ2) is 7.25. The summed E-state index contributed by atoms with van der Waals surface area (Å²) in [5.74, 6) is 0. The van der Waals surface area contributed by atoms with Crippen LogP contribution >= 0.6 is 12.2 Å². The highest BCUT2D eigenvalue weighted by Gasteiger charge is 2.22. The van der Waals surface area contributed by atoms with Crippen LogP contribution in [0.5, 0.6) is 0 Å². The van der Waals surface area contributed by atoms with E-state index in [9.17, 15) is 8.42 Å². The van der Waals surface area contributed by atoms with E-state index in [4.69, 9.17) is 12.2 Å². The minimum atomic E-state index is -3.69. The molecule has 0 bridgehead atoms. The van der Waals surface area contributed by atoms with Crippen LogP contribution in [0.1, 0.15) is 29.5 Å². The normalized spacial score (nSPS) is 14.0. The zero-order chi connectivity index (χ0) is 18.9. The van der Waals surface area contributed by atoms with Crippen molar-refractivity contribution in [2.75, 3.05) is 10.0 Å². The molecule has 0 unspecified atom stereocenters. The third-order valence-corrected chi connectivity index (χ3v) is 5.89. The van der Waals surface area contributed by atoms with E-state index >= 15 is 0 Å². The Kier molecular flexibility index (Phi) is 5.20. The topological polar surface area (TPSA) is 70.2 Å². The molecular weight excluding hydrogens is 366 g/mol. The molecule has 0 atom stereocenters. The molecule has 1 aliphatic carbocycles. The summed E-state index contributed by atoms with van der Waals surface area (Å²) in [7, 11) is -3.69. The maximum Gasteiger partial charge on any atom is 0.261 e.